The van der Waals surface area contributed by atoms with Gasteiger partial charge in [-0.25, -0.2) is 13.2 Å². The molecule has 1 aliphatic heterocycles. The summed E-state index contributed by atoms with van der Waals surface area (Å²) in [6, 6.07) is 7.93. The highest BCUT2D eigenvalue weighted by atomic mass is 35.5. The van der Waals surface area contributed by atoms with E-state index in [1.54, 1.807) is 0 Å². The fourth-order valence-corrected chi connectivity index (χ4v) is 3.91. The van der Waals surface area contributed by atoms with Crippen molar-refractivity contribution in [2.75, 3.05) is 0 Å². The summed E-state index contributed by atoms with van der Waals surface area (Å²) in [4.78, 5) is 10.7. The number of carbonyl (C=O) groups is 1. The molecule has 0 amide bonds. The van der Waals surface area contributed by atoms with E-state index in [9.17, 15) is 13.2 Å². The predicted molar refractivity (Wildman–Crippen MR) is 81.0 cm³/mol. The maximum absolute atomic E-state index is 12.6. The van der Waals surface area contributed by atoms with E-state index in [2.05, 4.69) is 0 Å². The number of benzene rings is 2. The first-order chi connectivity index (χ1) is 10.8. The Bertz CT molecular complexity index is 892. The summed E-state index contributed by atoms with van der Waals surface area (Å²) in [6.45, 7) is 0. The smallest absolute Gasteiger partial charge is 0.387 e. The monoisotopic (exact) mass is 374 g/mol. The number of hydrogen-bond acceptors (Lipinski definition) is 5. The topological polar surface area (TPSA) is 89.9 Å². The van der Waals surface area contributed by atoms with Gasteiger partial charge < -0.3 is 14.6 Å². The van der Waals surface area contributed by atoms with Crippen LogP contribution in [0.5, 0.6) is 11.5 Å². The summed E-state index contributed by atoms with van der Waals surface area (Å²) in [5, 5.41) is 9.16. The van der Waals surface area contributed by atoms with E-state index >= 15 is 0 Å². The molecular formula is C14H8Cl2O6S. The molecule has 6 nitrogen and oxygen atoms in total. The first-order valence-electron chi connectivity index (χ1n) is 6.19. The van der Waals surface area contributed by atoms with Crippen LogP contribution in [0.1, 0.15) is 0 Å². The normalized spacial score (nSPS) is 16.3. The van der Waals surface area contributed by atoms with Crippen molar-refractivity contribution < 1.29 is 27.8 Å². The van der Waals surface area contributed by atoms with Crippen LogP contribution in [0.15, 0.2) is 46.2 Å². The Morgan fingerprint density at radius 3 is 2.17 bits per heavy atom. The second-order valence-electron chi connectivity index (χ2n) is 4.59. The third-order valence-electron chi connectivity index (χ3n) is 3.08. The van der Waals surface area contributed by atoms with Gasteiger partial charge in [-0.05, 0) is 24.3 Å². The number of carboxylic acid groups (broad SMARTS) is 1. The Labute approximate surface area is 141 Å². The van der Waals surface area contributed by atoms with Gasteiger partial charge in [0.25, 0.3) is 0 Å². The Morgan fingerprint density at radius 2 is 1.61 bits per heavy atom. The van der Waals surface area contributed by atoms with Gasteiger partial charge in [0.15, 0.2) is 11.5 Å². The van der Waals surface area contributed by atoms with Gasteiger partial charge in [-0.2, -0.15) is 0 Å². The van der Waals surface area contributed by atoms with Crippen LogP contribution in [-0.2, 0) is 14.6 Å². The predicted octanol–water partition coefficient (Wildman–Crippen LogP) is 3.01. The molecule has 2 aromatic rings. The lowest BCUT2D eigenvalue weighted by atomic mass is 10.3. The maximum Gasteiger partial charge on any atom is 0.387 e. The fraction of sp³-hybridized carbons (Fsp3) is 0.0714. The van der Waals surface area contributed by atoms with Gasteiger partial charge in [-0.15, -0.1) is 0 Å². The van der Waals surface area contributed by atoms with Gasteiger partial charge in [-0.3, -0.25) is 0 Å². The van der Waals surface area contributed by atoms with Crippen molar-refractivity contribution >= 4 is 39.0 Å². The number of ether oxygens (including phenoxy) is 2. The highest BCUT2D eigenvalue weighted by Crippen LogP contribution is 2.41. The molecule has 0 aliphatic carbocycles. The minimum absolute atomic E-state index is 0.00236. The molecule has 120 valence electrons. The molecule has 9 heteroatoms. The van der Waals surface area contributed by atoms with E-state index in [0.29, 0.717) is 5.02 Å². The average Bonchev–Trinajstić information content (AvgIpc) is 2.90. The summed E-state index contributed by atoms with van der Waals surface area (Å²) in [6.07, 6.45) is -1.53. The Hall–Kier alpha value is -1.96. The third-order valence-corrected chi connectivity index (χ3v) is 5.57. The van der Waals surface area contributed by atoms with Gasteiger partial charge >= 0.3 is 12.3 Å². The van der Waals surface area contributed by atoms with Crippen molar-refractivity contribution in [2.45, 2.75) is 16.1 Å². The lowest BCUT2D eigenvalue weighted by molar-refractivity contribution is -0.154. The zero-order chi connectivity index (χ0) is 16.8. The lowest BCUT2D eigenvalue weighted by Crippen LogP contribution is -2.28. The molecule has 3 rings (SSSR count). The van der Waals surface area contributed by atoms with Crippen molar-refractivity contribution in [1.82, 2.24) is 0 Å². The van der Waals surface area contributed by atoms with Gasteiger partial charge in [0.1, 0.15) is 0 Å². The molecule has 23 heavy (non-hydrogen) atoms. The minimum Gasteiger partial charge on any atom is -0.476 e. The van der Waals surface area contributed by atoms with Crippen molar-refractivity contribution in [3.63, 3.8) is 0 Å². The fourth-order valence-electron chi connectivity index (χ4n) is 2.00. The number of carboxylic acids is 1. The van der Waals surface area contributed by atoms with E-state index in [-0.39, 0.29) is 26.3 Å². The number of aliphatic carboxylic acids is 1. The van der Waals surface area contributed by atoms with Gasteiger partial charge in [0.05, 0.1) is 14.8 Å². The molecule has 1 heterocycles. The minimum atomic E-state index is -3.92. The summed E-state index contributed by atoms with van der Waals surface area (Å²) < 4.78 is 35.3. The van der Waals surface area contributed by atoms with Crippen LogP contribution < -0.4 is 9.47 Å². The molecule has 1 aliphatic rings. The van der Waals surface area contributed by atoms with Gasteiger partial charge in [0, 0.05) is 17.2 Å². The second-order valence-corrected chi connectivity index (χ2v) is 7.35. The zero-order valence-electron chi connectivity index (χ0n) is 11.2. The number of hydrogen-bond donors (Lipinski definition) is 1. The maximum atomic E-state index is 12.6. The lowest BCUT2D eigenvalue weighted by Gasteiger charge is -2.08. The summed E-state index contributed by atoms with van der Waals surface area (Å²) in [5.74, 6) is -1.27. The van der Waals surface area contributed by atoms with Crippen molar-refractivity contribution in [3.8, 4) is 11.5 Å². The number of fused-ring (bicyclic) bond motifs is 1. The van der Waals surface area contributed by atoms with Crippen LogP contribution in [0.25, 0.3) is 0 Å². The van der Waals surface area contributed by atoms with E-state index in [1.807, 2.05) is 0 Å². The molecule has 0 bridgehead atoms. The van der Waals surface area contributed by atoms with E-state index < -0.39 is 22.1 Å². The third kappa shape index (κ3) is 2.83. The summed E-state index contributed by atoms with van der Waals surface area (Å²) in [5.41, 5.74) is 0. The molecule has 0 aromatic heterocycles. The van der Waals surface area contributed by atoms with E-state index in [0.717, 1.165) is 6.07 Å². The largest absolute Gasteiger partial charge is 0.476 e. The Balaban J connectivity index is 2.06. The van der Waals surface area contributed by atoms with Crippen LogP contribution in [0.2, 0.25) is 10.0 Å². The van der Waals surface area contributed by atoms with E-state index in [4.69, 9.17) is 37.8 Å². The highest BCUT2D eigenvalue weighted by molar-refractivity contribution is 7.91. The van der Waals surface area contributed by atoms with Gasteiger partial charge in [0.2, 0.25) is 9.84 Å². The molecule has 0 radical (unpaired) electrons. The summed E-state index contributed by atoms with van der Waals surface area (Å²) in [7, 11) is -3.92. The standard InChI is InChI=1S/C14H8Cl2O6S/c15-7-1-3-8(4-2-7)23(19,20)12-6-11-10(5-9(12)16)21-14(22-11)13(17)18/h1-6,14H,(H,17,18). The van der Waals surface area contributed by atoms with Crippen LogP contribution in [0.3, 0.4) is 0 Å². The van der Waals surface area contributed by atoms with Gasteiger partial charge in [-0.1, -0.05) is 23.2 Å². The molecular weight excluding hydrogens is 367 g/mol. The molecule has 1 atom stereocenters. The first kappa shape index (κ1) is 15.9. The molecule has 2 aromatic carbocycles. The molecule has 1 unspecified atom stereocenters. The Morgan fingerprint density at radius 1 is 1.04 bits per heavy atom. The molecule has 0 saturated carbocycles. The van der Waals surface area contributed by atoms with Crippen LogP contribution >= 0.6 is 23.2 Å². The first-order valence-corrected chi connectivity index (χ1v) is 8.43. The second kappa shape index (κ2) is 5.59. The molecule has 1 N–H and O–H groups in total. The quantitative estimate of drug-likeness (QED) is 0.887. The van der Waals surface area contributed by atoms with Crippen LogP contribution in [0, 0.1) is 0 Å². The molecule has 0 fully saturated rings. The molecule has 0 spiro atoms. The van der Waals surface area contributed by atoms with Crippen LogP contribution in [0.4, 0.5) is 0 Å². The van der Waals surface area contributed by atoms with Crippen molar-refractivity contribution in [1.29, 1.82) is 0 Å². The highest BCUT2D eigenvalue weighted by Gasteiger charge is 2.33. The summed E-state index contributed by atoms with van der Waals surface area (Å²) >= 11 is 11.8. The number of sulfone groups is 1. The van der Waals surface area contributed by atoms with Crippen LogP contribution in [-0.4, -0.2) is 25.8 Å². The number of rotatable bonds is 3. The SMILES string of the molecule is O=C(O)C1Oc2cc(Cl)c(S(=O)(=O)c3ccc(Cl)cc3)cc2O1. The van der Waals surface area contributed by atoms with E-state index in [1.165, 1.54) is 30.3 Å². The van der Waals surface area contributed by atoms with Crippen molar-refractivity contribution in [2.24, 2.45) is 0 Å². The molecule has 0 saturated heterocycles. The number of halogens is 2. The zero-order valence-corrected chi connectivity index (χ0v) is 13.5. The average molecular weight is 375 g/mol. The Kier molecular flexibility index (Phi) is 3.87. The van der Waals surface area contributed by atoms with Crippen molar-refractivity contribution in [3.05, 3.63) is 46.4 Å².